The van der Waals surface area contributed by atoms with Crippen LogP contribution in [-0.2, 0) is 11.2 Å². The summed E-state index contributed by atoms with van der Waals surface area (Å²) in [5.41, 5.74) is 3.12. The quantitative estimate of drug-likeness (QED) is 0.536. The molecule has 0 radical (unpaired) electrons. The van der Waals surface area contributed by atoms with E-state index in [-0.39, 0.29) is 11.9 Å². The Morgan fingerprint density at radius 1 is 1.03 bits per heavy atom. The van der Waals surface area contributed by atoms with Crippen LogP contribution in [0.3, 0.4) is 0 Å². The van der Waals surface area contributed by atoms with Gasteiger partial charge in [0.2, 0.25) is 11.7 Å². The number of ether oxygens (including phenoxy) is 3. The topological polar surface area (TPSA) is 71.5 Å². The van der Waals surface area contributed by atoms with Crippen LogP contribution in [0.15, 0.2) is 41.3 Å². The Kier molecular flexibility index (Phi) is 8.82. The lowest BCUT2D eigenvalue weighted by atomic mass is 9.98. The Labute approximate surface area is 218 Å². The van der Waals surface area contributed by atoms with Crippen LogP contribution >= 0.6 is 11.8 Å². The van der Waals surface area contributed by atoms with Crippen molar-refractivity contribution in [3.05, 3.63) is 53.1 Å². The molecule has 0 aromatic heterocycles. The number of aliphatic hydroxyl groups is 1. The number of benzene rings is 2. The number of methoxy groups -OCH3 is 3. The SMILES string of the molecule is COc1cc(C=CC(=O)N2CCN(C(C)C(O)c3ccc4c(c3)CCCS4)CC2)cc(OC)c1OC. The number of carbonyl (C=O) groups is 1. The van der Waals surface area contributed by atoms with E-state index in [0.717, 1.165) is 30.6 Å². The molecule has 1 N–H and O–H groups in total. The fraction of sp³-hybridized carbons (Fsp3) is 0.464. The number of amides is 1. The number of thioether (sulfide) groups is 1. The molecular formula is C28H36N2O5S. The van der Waals surface area contributed by atoms with Gasteiger partial charge in [0, 0.05) is 43.2 Å². The van der Waals surface area contributed by atoms with Crippen LogP contribution in [-0.4, -0.2) is 80.1 Å². The summed E-state index contributed by atoms with van der Waals surface area (Å²) in [6.45, 7) is 4.76. The number of piperazine rings is 1. The normalized spacial score (nSPS) is 18.0. The van der Waals surface area contributed by atoms with Crippen molar-refractivity contribution in [2.45, 2.75) is 36.8 Å². The fourth-order valence-electron chi connectivity index (χ4n) is 4.86. The van der Waals surface area contributed by atoms with Gasteiger partial charge in [-0.15, -0.1) is 11.8 Å². The lowest BCUT2D eigenvalue weighted by Crippen LogP contribution is -2.52. The second-order valence-corrected chi connectivity index (χ2v) is 10.3. The Balaban J connectivity index is 1.34. The second-order valence-electron chi connectivity index (χ2n) is 9.16. The van der Waals surface area contributed by atoms with E-state index in [0.29, 0.717) is 30.3 Å². The first-order valence-electron chi connectivity index (χ1n) is 12.4. The maximum atomic E-state index is 12.9. The molecule has 2 aromatic carbocycles. The Morgan fingerprint density at radius 3 is 2.36 bits per heavy atom. The maximum absolute atomic E-state index is 12.9. The van der Waals surface area contributed by atoms with Gasteiger partial charge in [-0.25, -0.2) is 0 Å². The molecule has 4 rings (SSSR count). The molecule has 1 saturated heterocycles. The van der Waals surface area contributed by atoms with Gasteiger partial charge >= 0.3 is 0 Å². The number of aliphatic hydroxyl groups excluding tert-OH is 1. The molecule has 36 heavy (non-hydrogen) atoms. The monoisotopic (exact) mass is 512 g/mol. The third kappa shape index (κ3) is 5.82. The van der Waals surface area contributed by atoms with E-state index >= 15 is 0 Å². The number of hydrogen-bond donors (Lipinski definition) is 1. The molecule has 0 bridgehead atoms. The number of fused-ring (bicyclic) bond motifs is 1. The van der Waals surface area contributed by atoms with Gasteiger partial charge in [0.05, 0.1) is 27.4 Å². The third-order valence-electron chi connectivity index (χ3n) is 7.04. The van der Waals surface area contributed by atoms with Gasteiger partial charge in [-0.2, -0.15) is 0 Å². The van der Waals surface area contributed by atoms with E-state index in [9.17, 15) is 9.90 Å². The van der Waals surface area contributed by atoms with Gasteiger partial charge in [-0.05, 0) is 66.5 Å². The molecule has 0 spiro atoms. The van der Waals surface area contributed by atoms with Crippen LogP contribution in [0.4, 0.5) is 0 Å². The minimum absolute atomic E-state index is 0.0219. The summed E-state index contributed by atoms with van der Waals surface area (Å²) in [4.78, 5) is 18.3. The van der Waals surface area contributed by atoms with Gasteiger partial charge in [0.25, 0.3) is 0 Å². The molecule has 7 nitrogen and oxygen atoms in total. The van der Waals surface area contributed by atoms with E-state index in [1.165, 1.54) is 22.6 Å². The zero-order valence-electron chi connectivity index (χ0n) is 21.5. The minimum Gasteiger partial charge on any atom is -0.493 e. The van der Waals surface area contributed by atoms with E-state index < -0.39 is 6.10 Å². The summed E-state index contributed by atoms with van der Waals surface area (Å²) < 4.78 is 16.1. The number of rotatable bonds is 8. The highest BCUT2D eigenvalue weighted by Gasteiger charge is 2.28. The summed E-state index contributed by atoms with van der Waals surface area (Å²) in [6, 6.07) is 9.99. The van der Waals surface area contributed by atoms with Gasteiger partial charge in [0.1, 0.15) is 0 Å². The molecule has 0 aliphatic carbocycles. The summed E-state index contributed by atoms with van der Waals surface area (Å²) in [7, 11) is 4.70. The van der Waals surface area contributed by atoms with Crippen LogP contribution in [0.2, 0.25) is 0 Å². The molecule has 2 aromatic rings. The van der Waals surface area contributed by atoms with E-state index in [2.05, 4.69) is 30.0 Å². The van der Waals surface area contributed by atoms with E-state index in [1.54, 1.807) is 33.5 Å². The highest BCUT2D eigenvalue weighted by molar-refractivity contribution is 7.99. The van der Waals surface area contributed by atoms with Crippen molar-refractivity contribution in [2.75, 3.05) is 53.3 Å². The van der Waals surface area contributed by atoms with Crippen LogP contribution in [0.5, 0.6) is 17.2 Å². The van der Waals surface area contributed by atoms with E-state index in [1.807, 2.05) is 28.8 Å². The average molecular weight is 513 g/mol. The Hall–Kier alpha value is -2.68. The predicted molar refractivity (Wildman–Crippen MR) is 143 cm³/mol. The maximum Gasteiger partial charge on any atom is 0.246 e. The second kappa shape index (κ2) is 12.0. The number of hydrogen-bond acceptors (Lipinski definition) is 7. The lowest BCUT2D eigenvalue weighted by molar-refractivity contribution is -0.128. The molecule has 2 aliphatic heterocycles. The molecular weight excluding hydrogens is 476 g/mol. The molecule has 8 heteroatoms. The first-order valence-corrected chi connectivity index (χ1v) is 13.4. The highest BCUT2D eigenvalue weighted by atomic mass is 32.2. The largest absolute Gasteiger partial charge is 0.493 e. The van der Waals surface area contributed by atoms with Crippen molar-refractivity contribution < 1.29 is 24.1 Å². The van der Waals surface area contributed by atoms with Gasteiger partial charge in [-0.1, -0.05) is 12.1 Å². The van der Waals surface area contributed by atoms with Crippen molar-refractivity contribution in [1.82, 2.24) is 9.80 Å². The first kappa shape index (κ1) is 26.4. The first-order chi connectivity index (χ1) is 17.4. The zero-order valence-corrected chi connectivity index (χ0v) is 22.3. The molecule has 194 valence electrons. The van der Waals surface area contributed by atoms with Crippen molar-refractivity contribution in [3.63, 3.8) is 0 Å². The van der Waals surface area contributed by atoms with E-state index in [4.69, 9.17) is 14.2 Å². The van der Waals surface area contributed by atoms with Gasteiger partial charge in [0.15, 0.2) is 11.5 Å². The van der Waals surface area contributed by atoms with Crippen LogP contribution in [0.25, 0.3) is 6.08 Å². The Morgan fingerprint density at radius 2 is 1.72 bits per heavy atom. The number of aryl methyl sites for hydroxylation is 1. The molecule has 2 aliphatic rings. The number of carbonyl (C=O) groups excluding carboxylic acids is 1. The van der Waals surface area contributed by atoms with Crippen LogP contribution in [0.1, 0.15) is 36.1 Å². The molecule has 1 amide bonds. The fourth-order valence-corrected chi connectivity index (χ4v) is 5.88. The van der Waals surface area contributed by atoms with Crippen LogP contribution in [0, 0.1) is 0 Å². The summed E-state index contributed by atoms with van der Waals surface area (Å²) in [6.07, 6.45) is 5.07. The number of nitrogens with zero attached hydrogens (tertiary/aromatic N) is 2. The van der Waals surface area contributed by atoms with Gasteiger partial charge < -0.3 is 24.2 Å². The molecule has 2 atom stereocenters. The summed E-state index contributed by atoms with van der Waals surface area (Å²) >= 11 is 1.90. The molecule has 0 saturated carbocycles. The molecule has 2 unspecified atom stereocenters. The average Bonchev–Trinajstić information content (AvgIpc) is 2.94. The van der Waals surface area contributed by atoms with Crippen molar-refractivity contribution in [2.24, 2.45) is 0 Å². The van der Waals surface area contributed by atoms with Crippen molar-refractivity contribution in [3.8, 4) is 17.2 Å². The minimum atomic E-state index is -0.551. The lowest BCUT2D eigenvalue weighted by Gasteiger charge is -2.39. The standard InChI is InChI=1S/C28H36N2O5S/c1-19(27(32)22-8-9-25-21(18-22)6-5-15-36-25)29-11-13-30(14-12-29)26(31)10-7-20-16-23(33-2)28(35-4)24(17-20)34-3/h7-10,16-19,27,32H,5-6,11-15H2,1-4H3. The van der Waals surface area contributed by atoms with Crippen LogP contribution < -0.4 is 14.2 Å². The summed E-state index contributed by atoms with van der Waals surface area (Å²) in [5, 5.41) is 11.1. The van der Waals surface area contributed by atoms with Crippen molar-refractivity contribution in [1.29, 1.82) is 0 Å². The molecule has 2 heterocycles. The van der Waals surface area contributed by atoms with Gasteiger partial charge in [-0.3, -0.25) is 9.69 Å². The predicted octanol–water partition coefficient (Wildman–Crippen LogP) is 4.03. The highest BCUT2D eigenvalue weighted by Crippen LogP contribution is 2.38. The third-order valence-corrected chi connectivity index (χ3v) is 8.24. The molecule has 1 fully saturated rings. The smallest absolute Gasteiger partial charge is 0.246 e. The zero-order chi connectivity index (χ0) is 25.7. The Bertz CT molecular complexity index is 1070. The summed E-state index contributed by atoms with van der Waals surface area (Å²) in [5.74, 6) is 2.74. The van der Waals surface area contributed by atoms with Crippen molar-refractivity contribution >= 4 is 23.7 Å².